The van der Waals surface area contributed by atoms with E-state index >= 15 is 0 Å². The highest BCUT2D eigenvalue weighted by Crippen LogP contribution is 2.28. The molecule has 0 radical (unpaired) electrons. The van der Waals surface area contributed by atoms with Crippen molar-refractivity contribution in [3.63, 3.8) is 0 Å². The summed E-state index contributed by atoms with van der Waals surface area (Å²) in [5, 5.41) is 4.58. The Hall–Kier alpha value is -1.20. The molecule has 0 spiro atoms. The number of piperidine rings is 1. The van der Waals surface area contributed by atoms with Gasteiger partial charge in [-0.1, -0.05) is 6.42 Å². The zero-order chi connectivity index (χ0) is 13.1. The smallest absolute Gasteiger partial charge is 0.225 e. The fourth-order valence-corrected chi connectivity index (χ4v) is 3.38. The summed E-state index contributed by atoms with van der Waals surface area (Å²) >= 11 is 1.68. The van der Waals surface area contributed by atoms with Gasteiger partial charge in [-0.25, -0.2) is 9.97 Å². The van der Waals surface area contributed by atoms with Crippen LogP contribution in [0.15, 0.2) is 12.4 Å². The Morgan fingerprint density at radius 1 is 1.42 bits per heavy atom. The molecule has 1 aliphatic heterocycles. The molecule has 3 heterocycles. The summed E-state index contributed by atoms with van der Waals surface area (Å²) in [6.07, 6.45) is 6.54. The second-order valence-electron chi connectivity index (χ2n) is 5.04. The standard InChI is InChI=1S/C14H19N3OS/c1-10-8-12-13(16-9-17-14(12)19-10)18-7-5-11-4-2-3-6-15-11/h8-9,11,15H,2-7H2,1H3. The van der Waals surface area contributed by atoms with E-state index in [0.717, 1.165) is 35.7 Å². The maximum Gasteiger partial charge on any atom is 0.225 e. The van der Waals surface area contributed by atoms with Crippen molar-refractivity contribution < 1.29 is 4.74 Å². The van der Waals surface area contributed by atoms with Gasteiger partial charge >= 0.3 is 0 Å². The number of ether oxygens (including phenoxy) is 1. The van der Waals surface area contributed by atoms with Crippen molar-refractivity contribution in [1.82, 2.24) is 15.3 Å². The molecular weight excluding hydrogens is 258 g/mol. The lowest BCUT2D eigenvalue weighted by Crippen LogP contribution is -2.35. The number of aromatic nitrogens is 2. The molecule has 1 unspecified atom stereocenters. The third kappa shape index (κ3) is 3.04. The molecule has 1 aliphatic rings. The molecule has 0 saturated carbocycles. The lowest BCUT2D eigenvalue weighted by atomic mass is 10.0. The molecule has 0 aliphatic carbocycles. The molecule has 4 nitrogen and oxygen atoms in total. The lowest BCUT2D eigenvalue weighted by molar-refractivity contribution is 0.263. The van der Waals surface area contributed by atoms with E-state index < -0.39 is 0 Å². The number of nitrogens with zero attached hydrogens (tertiary/aromatic N) is 2. The molecule has 2 aromatic rings. The van der Waals surface area contributed by atoms with E-state index in [9.17, 15) is 0 Å². The number of rotatable bonds is 4. The molecule has 0 aromatic carbocycles. The van der Waals surface area contributed by atoms with Crippen LogP contribution in [-0.4, -0.2) is 29.2 Å². The Balaban J connectivity index is 1.61. The normalized spacial score (nSPS) is 19.7. The summed E-state index contributed by atoms with van der Waals surface area (Å²) in [4.78, 5) is 10.8. The van der Waals surface area contributed by atoms with Gasteiger partial charge in [0.1, 0.15) is 11.2 Å². The number of aryl methyl sites for hydroxylation is 1. The average Bonchev–Trinajstić information content (AvgIpc) is 2.81. The monoisotopic (exact) mass is 277 g/mol. The summed E-state index contributed by atoms with van der Waals surface area (Å²) in [5.74, 6) is 0.727. The van der Waals surface area contributed by atoms with Crippen molar-refractivity contribution in [2.75, 3.05) is 13.2 Å². The minimum Gasteiger partial charge on any atom is -0.477 e. The molecule has 3 rings (SSSR count). The summed E-state index contributed by atoms with van der Waals surface area (Å²) in [6, 6.07) is 2.71. The highest BCUT2D eigenvalue weighted by Gasteiger charge is 2.13. The van der Waals surface area contributed by atoms with Crippen LogP contribution in [-0.2, 0) is 0 Å². The van der Waals surface area contributed by atoms with Gasteiger partial charge in [0.15, 0.2) is 0 Å². The quantitative estimate of drug-likeness (QED) is 0.933. The summed E-state index contributed by atoms with van der Waals surface area (Å²) in [6.45, 7) is 3.95. The topological polar surface area (TPSA) is 47.0 Å². The van der Waals surface area contributed by atoms with Crippen molar-refractivity contribution in [2.24, 2.45) is 0 Å². The molecule has 1 atom stereocenters. The van der Waals surface area contributed by atoms with Crippen LogP contribution in [0.1, 0.15) is 30.6 Å². The van der Waals surface area contributed by atoms with Crippen LogP contribution in [0.5, 0.6) is 5.88 Å². The summed E-state index contributed by atoms with van der Waals surface area (Å²) < 4.78 is 5.85. The Kier molecular flexibility index (Phi) is 3.94. The molecule has 102 valence electrons. The number of hydrogen-bond acceptors (Lipinski definition) is 5. The SMILES string of the molecule is Cc1cc2c(OCCC3CCCCN3)ncnc2s1. The zero-order valence-corrected chi connectivity index (χ0v) is 12.0. The van der Waals surface area contributed by atoms with Gasteiger partial charge in [-0.15, -0.1) is 11.3 Å². The number of thiophene rings is 1. The Morgan fingerprint density at radius 3 is 3.21 bits per heavy atom. The van der Waals surface area contributed by atoms with Crippen LogP contribution in [0, 0.1) is 6.92 Å². The van der Waals surface area contributed by atoms with Crippen LogP contribution in [0.4, 0.5) is 0 Å². The molecule has 0 bridgehead atoms. The van der Waals surface area contributed by atoms with Crippen molar-refractivity contribution >= 4 is 21.6 Å². The number of hydrogen-bond donors (Lipinski definition) is 1. The Bertz CT molecular complexity index is 549. The molecule has 19 heavy (non-hydrogen) atoms. The van der Waals surface area contributed by atoms with E-state index in [-0.39, 0.29) is 0 Å². The van der Waals surface area contributed by atoms with Crippen LogP contribution < -0.4 is 10.1 Å². The zero-order valence-electron chi connectivity index (χ0n) is 11.2. The number of fused-ring (bicyclic) bond motifs is 1. The van der Waals surface area contributed by atoms with E-state index in [2.05, 4.69) is 28.3 Å². The first-order valence-corrected chi connectivity index (χ1v) is 7.72. The second kappa shape index (κ2) is 5.84. The van der Waals surface area contributed by atoms with Crippen LogP contribution >= 0.6 is 11.3 Å². The highest BCUT2D eigenvalue weighted by molar-refractivity contribution is 7.18. The number of nitrogens with one attached hydrogen (secondary N) is 1. The van der Waals surface area contributed by atoms with Gasteiger partial charge in [0, 0.05) is 10.9 Å². The van der Waals surface area contributed by atoms with Gasteiger partial charge in [-0.2, -0.15) is 0 Å². The highest BCUT2D eigenvalue weighted by atomic mass is 32.1. The average molecular weight is 277 g/mol. The minimum atomic E-state index is 0.607. The third-order valence-corrected chi connectivity index (χ3v) is 4.49. The van der Waals surface area contributed by atoms with Gasteiger partial charge < -0.3 is 10.1 Å². The van der Waals surface area contributed by atoms with Crippen molar-refractivity contribution in [2.45, 2.75) is 38.6 Å². The fourth-order valence-electron chi connectivity index (χ4n) is 2.54. The molecular formula is C14H19N3OS. The molecule has 2 aromatic heterocycles. The van der Waals surface area contributed by atoms with Crippen LogP contribution in [0.3, 0.4) is 0 Å². The minimum absolute atomic E-state index is 0.607. The van der Waals surface area contributed by atoms with Gasteiger partial charge in [0.05, 0.1) is 12.0 Å². The van der Waals surface area contributed by atoms with E-state index in [0.29, 0.717) is 6.04 Å². The first-order chi connectivity index (χ1) is 9.33. The third-order valence-electron chi connectivity index (χ3n) is 3.53. The van der Waals surface area contributed by atoms with E-state index in [1.165, 1.54) is 24.1 Å². The Labute approximate surface area is 117 Å². The van der Waals surface area contributed by atoms with Gasteiger partial charge in [-0.05, 0) is 38.8 Å². The summed E-state index contributed by atoms with van der Waals surface area (Å²) in [7, 11) is 0. The fraction of sp³-hybridized carbons (Fsp3) is 0.571. The van der Waals surface area contributed by atoms with Gasteiger partial charge in [0.2, 0.25) is 5.88 Å². The predicted octanol–water partition coefficient (Wildman–Crippen LogP) is 2.91. The van der Waals surface area contributed by atoms with Crippen molar-refractivity contribution in [3.05, 3.63) is 17.3 Å². The van der Waals surface area contributed by atoms with E-state index in [1.54, 1.807) is 17.7 Å². The van der Waals surface area contributed by atoms with E-state index in [1.807, 2.05) is 0 Å². The molecule has 5 heteroatoms. The van der Waals surface area contributed by atoms with Gasteiger partial charge in [-0.3, -0.25) is 0 Å². The largest absolute Gasteiger partial charge is 0.477 e. The maximum atomic E-state index is 5.85. The molecule has 1 fully saturated rings. The first-order valence-electron chi connectivity index (χ1n) is 6.90. The predicted molar refractivity (Wildman–Crippen MR) is 77.9 cm³/mol. The summed E-state index contributed by atoms with van der Waals surface area (Å²) in [5.41, 5.74) is 0. The molecule has 1 N–H and O–H groups in total. The van der Waals surface area contributed by atoms with E-state index in [4.69, 9.17) is 4.74 Å². The first kappa shape index (κ1) is 12.8. The van der Waals surface area contributed by atoms with Crippen LogP contribution in [0.2, 0.25) is 0 Å². The van der Waals surface area contributed by atoms with Crippen molar-refractivity contribution in [1.29, 1.82) is 0 Å². The van der Waals surface area contributed by atoms with Crippen LogP contribution in [0.25, 0.3) is 10.2 Å². The molecule has 1 saturated heterocycles. The lowest BCUT2D eigenvalue weighted by Gasteiger charge is -2.23. The maximum absolute atomic E-state index is 5.85. The second-order valence-corrected chi connectivity index (χ2v) is 6.27. The van der Waals surface area contributed by atoms with Crippen molar-refractivity contribution in [3.8, 4) is 5.88 Å². The molecule has 0 amide bonds. The Morgan fingerprint density at radius 2 is 2.37 bits per heavy atom. The van der Waals surface area contributed by atoms with Gasteiger partial charge in [0.25, 0.3) is 0 Å².